The highest BCUT2D eigenvalue weighted by atomic mass is 32.2. The van der Waals surface area contributed by atoms with Crippen LogP contribution in [0.15, 0.2) is 64.3 Å². The minimum absolute atomic E-state index is 0.0504. The van der Waals surface area contributed by atoms with E-state index in [1.807, 2.05) is 62.4 Å². The fraction of sp³-hybridized carbons (Fsp3) is 0.238. The summed E-state index contributed by atoms with van der Waals surface area (Å²) >= 11 is 1.37. The standard InChI is InChI=1S/C21H22N2O3S/c1-3-23-18-8-6-5-7-17(18)19(13-21(23)25)27-14-20(24)22-15-9-11-16(12-10-15)26-4-2/h5-13H,3-4,14H2,1-2H3,(H,22,24). The van der Waals surface area contributed by atoms with E-state index in [9.17, 15) is 9.59 Å². The number of ether oxygens (including phenoxy) is 1. The van der Waals surface area contributed by atoms with E-state index in [1.165, 1.54) is 11.8 Å². The molecule has 2 aromatic carbocycles. The number of amides is 1. The van der Waals surface area contributed by atoms with Crippen LogP contribution < -0.4 is 15.6 Å². The van der Waals surface area contributed by atoms with E-state index in [0.29, 0.717) is 13.2 Å². The van der Waals surface area contributed by atoms with Crippen LogP contribution in [-0.4, -0.2) is 22.8 Å². The van der Waals surface area contributed by atoms with E-state index in [0.717, 1.165) is 27.2 Å². The molecular weight excluding hydrogens is 360 g/mol. The number of aromatic nitrogens is 1. The predicted octanol–water partition coefficient (Wildman–Crippen LogP) is 4.15. The van der Waals surface area contributed by atoms with E-state index in [-0.39, 0.29) is 17.2 Å². The number of rotatable bonds is 7. The Balaban J connectivity index is 1.71. The smallest absolute Gasteiger partial charge is 0.252 e. The van der Waals surface area contributed by atoms with Crippen molar-refractivity contribution in [2.75, 3.05) is 17.7 Å². The largest absolute Gasteiger partial charge is 0.494 e. The van der Waals surface area contributed by atoms with Gasteiger partial charge in [-0.25, -0.2) is 0 Å². The van der Waals surface area contributed by atoms with Crippen LogP contribution in [0, 0.1) is 0 Å². The Morgan fingerprint density at radius 3 is 2.56 bits per heavy atom. The molecule has 1 aromatic heterocycles. The molecule has 0 spiro atoms. The minimum Gasteiger partial charge on any atom is -0.494 e. The number of benzene rings is 2. The maximum atomic E-state index is 12.3. The Labute approximate surface area is 162 Å². The third-order valence-corrected chi connectivity index (χ3v) is 5.16. The number of carbonyl (C=O) groups is 1. The monoisotopic (exact) mass is 382 g/mol. The fourth-order valence-corrected chi connectivity index (χ4v) is 3.76. The van der Waals surface area contributed by atoms with Crippen molar-refractivity contribution in [1.82, 2.24) is 4.57 Å². The number of hydrogen-bond donors (Lipinski definition) is 1. The maximum absolute atomic E-state index is 12.3. The summed E-state index contributed by atoms with van der Waals surface area (Å²) in [5.41, 5.74) is 1.56. The van der Waals surface area contributed by atoms with Crippen LogP contribution in [0.1, 0.15) is 13.8 Å². The zero-order chi connectivity index (χ0) is 19.2. The van der Waals surface area contributed by atoms with E-state index in [4.69, 9.17) is 4.74 Å². The van der Waals surface area contributed by atoms with E-state index >= 15 is 0 Å². The van der Waals surface area contributed by atoms with Crippen LogP contribution in [0.4, 0.5) is 5.69 Å². The highest BCUT2D eigenvalue weighted by Gasteiger charge is 2.10. The lowest BCUT2D eigenvalue weighted by Gasteiger charge is -2.12. The van der Waals surface area contributed by atoms with E-state index in [1.54, 1.807) is 10.6 Å². The second-order valence-electron chi connectivity index (χ2n) is 5.90. The van der Waals surface area contributed by atoms with Gasteiger partial charge in [0.1, 0.15) is 5.75 Å². The van der Waals surface area contributed by atoms with Gasteiger partial charge >= 0.3 is 0 Å². The van der Waals surface area contributed by atoms with Crippen molar-refractivity contribution < 1.29 is 9.53 Å². The average Bonchev–Trinajstić information content (AvgIpc) is 2.68. The van der Waals surface area contributed by atoms with Crippen LogP contribution in [0.5, 0.6) is 5.75 Å². The molecule has 0 saturated carbocycles. The lowest BCUT2D eigenvalue weighted by molar-refractivity contribution is -0.113. The lowest BCUT2D eigenvalue weighted by Crippen LogP contribution is -2.19. The molecule has 6 heteroatoms. The number of anilines is 1. The number of para-hydroxylation sites is 1. The number of pyridine rings is 1. The third kappa shape index (κ3) is 4.52. The molecule has 3 aromatic rings. The van der Waals surface area contributed by atoms with Crippen molar-refractivity contribution in [3.63, 3.8) is 0 Å². The van der Waals surface area contributed by atoms with Gasteiger partial charge in [-0.15, -0.1) is 11.8 Å². The van der Waals surface area contributed by atoms with Crippen LogP contribution in [0.25, 0.3) is 10.9 Å². The van der Waals surface area contributed by atoms with Crippen LogP contribution in [-0.2, 0) is 11.3 Å². The summed E-state index contributed by atoms with van der Waals surface area (Å²) in [7, 11) is 0. The normalized spacial score (nSPS) is 10.7. The van der Waals surface area contributed by atoms with Gasteiger partial charge < -0.3 is 14.6 Å². The Morgan fingerprint density at radius 2 is 1.85 bits per heavy atom. The molecular formula is C21H22N2O3S. The Kier molecular flexibility index (Phi) is 6.19. The molecule has 1 N–H and O–H groups in total. The van der Waals surface area contributed by atoms with Gasteiger partial charge in [0, 0.05) is 28.6 Å². The maximum Gasteiger partial charge on any atom is 0.252 e. The molecule has 0 unspecified atom stereocenters. The average molecular weight is 382 g/mol. The van der Waals surface area contributed by atoms with Gasteiger partial charge in [-0.2, -0.15) is 0 Å². The van der Waals surface area contributed by atoms with Gasteiger partial charge in [0.15, 0.2) is 0 Å². The number of aryl methyl sites for hydroxylation is 1. The van der Waals surface area contributed by atoms with Gasteiger partial charge in [0.2, 0.25) is 5.91 Å². The molecule has 0 bridgehead atoms. The van der Waals surface area contributed by atoms with Crippen molar-refractivity contribution in [1.29, 1.82) is 0 Å². The second kappa shape index (κ2) is 8.77. The minimum atomic E-state index is -0.118. The first kappa shape index (κ1) is 19.0. The molecule has 0 fully saturated rings. The van der Waals surface area contributed by atoms with E-state index in [2.05, 4.69) is 5.32 Å². The summed E-state index contributed by atoms with van der Waals surface area (Å²) in [6.07, 6.45) is 0. The van der Waals surface area contributed by atoms with Crippen LogP contribution in [0.2, 0.25) is 0 Å². The van der Waals surface area contributed by atoms with Crippen molar-refractivity contribution in [2.45, 2.75) is 25.3 Å². The summed E-state index contributed by atoms with van der Waals surface area (Å²) in [5.74, 6) is 0.882. The number of thioether (sulfide) groups is 1. The summed E-state index contributed by atoms with van der Waals surface area (Å²) in [5, 5.41) is 3.85. The third-order valence-electron chi connectivity index (χ3n) is 4.10. The first-order valence-corrected chi connectivity index (χ1v) is 9.89. The Bertz CT molecular complexity index is 996. The molecule has 0 radical (unpaired) electrons. The molecule has 0 aliphatic heterocycles. The number of carbonyl (C=O) groups excluding carboxylic acids is 1. The summed E-state index contributed by atoms with van der Waals surface area (Å²) in [4.78, 5) is 25.5. The van der Waals surface area contributed by atoms with Gasteiger partial charge in [-0.1, -0.05) is 18.2 Å². The predicted molar refractivity (Wildman–Crippen MR) is 111 cm³/mol. The van der Waals surface area contributed by atoms with Crippen molar-refractivity contribution >= 4 is 34.3 Å². The molecule has 1 heterocycles. The first-order valence-electron chi connectivity index (χ1n) is 8.90. The highest BCUT2D eigenvalue weighted by Crippen LogP contribution is 2.26. The first-order chi connectivity index (χ1) is 13.1. The highest BCUT2D eigenvalue weighted by molar-refractivity contribution is 8.00. The molecule has 0 aliphatic carbocycles. The zero-order valence-electron chi connectivity index (χ0n) is 15.4. The molecule has 27 heavy (non-hydrogen) atoms. The molecule has 140 valence electrons. The van der Waals surface area contributed by atoms with E-state index < -0.39 is 0 Å². The fourth-order valence-electron chi connectivity index (χ4n) is 2.89. The summed E-state index contributed by atoms with van der Waals surface area (Å²) in [6, 6.07) is 16.7. The SMILES string of the molecule is CCOc1ccc(NC(=O)CSc2cc(=O)n(CC)c3ccccc23)cc1. The molecule has 3 rings (SSSR count). The number of nitrogens with one attached hydrogen (secondary N) is 1. The van der Waals surface area contributed by atoms with Crippen LogP contribution >= 0.6 is 11.8 Å². The number of nitrogens with zero attached hydrogens (tertiary/aromatic N) is 1. The molecule has 0 saturated heterocycles. The quantitative estimate of drug-likeness (QED) is 0.624. The van der Waals surface area contributed by atoms with Crippen LogP contribution in [0.3, 0.4) is 0 Å². The zero-order valence-corrected chi connectivity index (χ0v) is 16.2. The Hall–Kier alpha value is -2.73. The summed E-state index contributed by atoms with van der Waals surface area (Å²) < 4.78 is 7.13. The topological polar surface area (TPSA) is 60.3 Å². The second-order valence-corrected chi connectivity index (χ2v) is 6.92. The Morgan fingerprint density at radius 1 is 1.11 bits per heavy atom. The van der Waals surface area contributed by atoms with Gasteiger partial charge in [-0.05, 0) is 44.2 Å². The van der Waals surface area contributed by atoms with Gasteiger partial charge in [0.05, 0.1) is 17.9 Å². The molecule has 0 atom stereocenters. The van der Waals surface area contributed by atoms with Crippen molar-refractivity contribution in [2.24, 2.45) is 0 Å². The molecule has 5 nitrogen and oxygen atoms in total. The summed E-state index contributed by atoms with van der Waals surface area (Å²) in [6.45, 7) is 5.09. The van der Waals surface area contributed by atoms with Gasteiger partial charge in [0.25, 0.3) is 5.56 Å². The number of hydrogen-bond acceptors (Lipinski definition) is 4. The molecule has 1 amide bonds. The van der Waals surface area contributed by atoms with Crippen molar-refractivity contribution in [3.8, 4) is 5.75 Å². The van der Waals surface area contributed by atoms with Crippen molar-refractivity contribution in [3.05, 3.63) is 65.0 Å². The number of fused-ring (bicyclic) bond motifs is 1. The lowest BCUT2D eigenvalue weighted by atomic mass is 10.2. The van der Waals surface area contributed by atoms with Gasteiger partial charge in [-0.3, -0.25) is 9.59 Å². The molecule has 0 aliphatic rings.